The highest BCUT2D eigenvalue weighted by Crippen LogP contribution is 2.43. The van der Waals surface area contributed by atoms with Crippen LogP contribution in [0.15, 0.2) is 66.7 Å². The number of benzene rings is 4. The molecule has 3 heterocycles. The molecular formula is C52H67F2N5O4Si. The van der Waals surface area contributed by atoms with Gasteiger partial charge in [0.1, 0.15) is 31.0 Å². The van der Waals surface area contributed by atoms with Crippen LogP contribution in [-0.2, 0) is 11.3 Å². The van der Waals surface area contributed by atoms with Crippen LogP contribution in [0.3, 0.4) is 0 Å². The molecule has 1 N–H and O–H groups in total. The Bertz CT molecular complexity index is 2440. The van der Waals surface area contributed by atoms with Gasteiger partial charge in [0.15, 0.2) is 12.6 Å². The molecule has 0 bridgehead atoms. The van der Waals surface area contributed by atoms with Gasteiger partial charge in [-0.1, -0.05) is 96.9 Å². The Balaban J connectivity index is 1.27. The molecule has 2 unspecified atom stereocenters. The lowest BCUT2D eigenvalue weighted by Crippen LogP contribution is -2.47. The third-order valence-corrected chi connectivity index (χ3v) is 19.8. The molecule has 0 amide bonds. The largest absolute Gasteiger partial charge is 0.468 e. The lowest BCUT2D eigenvalue weighted by Gasteiger charge is -2.38. The summed E-state index contributed by atoms with van der Waals surface area (Å²) in [5, 5.41) is 12.8. The second kappa shape index (κ2) is 20.3. The maximum Gasteiger partial charge on any atom is 0.319 e. The zero-order chi connectivity index (χ0) is 45.8. The molecular weight excluding hydrogens is 825 g/mol. The fourth-order valence-electron chi connectivity index (χ4n) is 10.3. The van der Waals surface area contributed by atoms with Crippen molar-refractivity contribution in [3.05, 3.63) is 89.5 Å². The molecule has 9 nitrogen and oxygen atoms in total. The van der Waals surface area contributed by atoms with E-state index in [1.807, 2.05) is 24.0 Å². The molecule has 5 aromatic rings. The van der Waals surface area contributed by atoms with E-state index >= 15 is 8.78 Å². The van der Waals surface area contributed by atoms with Gasteiger partial charge in [0.25, 0.3) is 0 Å². The Morgan fingerprint density at radius 1 is 0.828 bits per heavy atom. The first-order valence-electron chi connectivity index (χ1n) is 23.1. The molecule has 0 radical (unpaired) electrons. The van der Waals surface area contributed by atoms with Crippen LogP contribution < -0.4 is 14.4 Å². The van der Waals surface area contributed by atoms with E-state index in [9.17, 15) is 5.11 Å². The van der Waals surface area contributed by atoms with Crippen molar-refractivity contribution >= 4 is 35.6 Å². The van der Waals surface area contributed by atoms with Crippen molar-refractivity contribution in [2.24, 2.45) is 5.92 Å². The molecule has 2 fully saturated rings. The smallest absolute Gasteiger partial charge is 0.319 e. The van der Waals surface area contributed by atoms with E-state index in [1.165, 1.54) is 18.7 Å². The predicted molar refractivity (Wildman–Crippen MR) is 258 cm³/mol. The second-order valence-corrected chi connectivity index (χ2v) is 24.9. The fraction of sp³-hybridized carbons (Fsp3) is 0.500. The first kappa shape index (κ1) is 47.3. The number of methoxy groups -OCH3 is 1. The number of β-amino-alcohol motifs (C(OH)–C–C–N with tert-alkyl or cyclic N) is 1. The van der Waals surface area contributed by atoms with Gasteiger partial charge in [-0.2, -0.15) is 9.97 Å². The molecule has 12 heteroatoms. The number of hydrogen-bond acceptors (Lipinski definition) is 9. The summed E-state index contributed by atoms with van der Waals surface area (Å²) in [6.45, 7) is 24.3. The Hall–Kier alpha value is -4.64. The number of nitrogens with zero attached hydrogens (tertiary/aromatic N) is 5. The van der Waals surface area contributed by atoms with Gasteiger partial charge >= 0.3 is 6.01 Å². The van der Waals surface area contributed by atoms with Crippen molar-refractivity contribution in [3.8, 4) is 34.4 Å². The maximum atomic E-state index is 17.7. The number of ether oxygens (including phenoxy) is 3. The quantitative estimate of drug-likeness (QED) is 0.0628. The summed E-state index contributed by atoms with van der Waals surface area (Å²) in [5.74, 6) is 3.41. The lowest BCUT2D eigenvalue weighted by atomic mass is 9.92. The Kier molecular flexibility index (Phi) is 15.0. The van der Waals surface area contributed by atoms with E-state index in [2.05, 4.69) is 100 Å². The number of piperidine rings is 1. The minimum absolute atomic E-state index is 0.0237. The summed E-state index contributed by atoms with van der Waals surface area (Å²) in [6, 6.07) is 20.9. The molecule has 1 aromatic heterocycles. The minimum Gasteiger partial charge on any atom is -0.468 e. The minimum atomic E-state index is -2.28. The topological polar surface area (TPSA) is 83.4 Å². The summed E-state index contributed by atoms with van der Waals surface area (Å²) < 4.78 is 51.6. The number of aromatic nitrogens is 2. The molecule has 2 aliphatic rings. The Morgan fingerprint density at radius 2 is 1.53 bits per heavy atom. The standard InChI is InChI=1S/C52H67F2N5O4Si/c1-35(2)64(36(3)4,37(5)6)27-20-43-46(53)19-16-40-28-41(63-34-61-9)29-45(47(40)43)42-17-18-44-49(48(42)54)55-51(56-50(44)59-22-13-21-52(8,60)33-59)62-32-38(7)30-57-23-25-58(26-24-57)31-39-14-11-10-12-15-39/h10-12,14-19,28-29,35-38,60H,13,21-26,30-34H2,1-9H3. The van der Waals surface area contributed by atoms with Crippen LogP contribution in [0, 0.1) is 29.0 Å². The molecule has 2 saturated heterocycles. The van der Waals surface area contributed by atoms with Gasteiger partial charge in [-0.05, 0) is 77.2 Å². The monoisotopic (exact) mass is 891 g/mol. The van der Waals surface area contributed by atoms with Crippen LogP contribution in [0.25, 0.3) is 32.8 Å². The number of halogens is 2. The maximum absolute atomic E-state index is 17.7. The fourth-order valence-corrected chi connectivity index (χ4v) is 15.5. The van der Waals surface area contributed by atoms with Crippen LogP contribution in [-0.4, -0.2) is 105 Å². The van der Waals surface area contributed by atoms with Crippen molar-refractivity contribution in [2.75, 3.05) is 71.2 Å². The van der Waals surface area contributed by atoms with Gasteiger partial charge in [0, 0.05) is 81.7 Å². The lowest BCUT2D eigenvalue weighted by molar-refractivity contribution is 0.0447. The normalized spacial score (nSPS) is 18.3. The first-order chi connectivity index (χ1) is 30.6. The second-order valence-electron chi connectivity index (χ2n) is 19.3. The van der Waals surface area contributed by atoms with Gasteiger partial charge in [-0.3, -0.25) is 4.90 Å². The van der Waals surface area contributed by atoms with Crippen LogP contribution in [0.2, 0.25) is 16.6 Å². The number of anilines is 1. The molecule has 0 spiro atoms. The average Bonchev–Trinajstić information content (AvgIpc) is 3.26. The predicted octanol–water partition coefficient (Wildman–Crippen LogP) is 10.5. The van der Waals surface area contributed by atoms with E-state index in [4.69, 9.17) is 24.2 Å². The van der Waals surface area contributed by atoms with E-state index in [0.29, 0.717) is 76.0 Å². The zero-order valence-electron chi connectivity index (χ0n) is 39.3. The van der Waals surface area contributed by atoms with E-state index < -0.39 is 25.3 Å². The molecule has 0 aliphatic carbocycles. The van der Waals surface area contributed by atoms with Crippen molar-refractivity contribution in [1.29, 1.82) is 0 Å². The van der Waals surface area contributed by atoms with Gasteiger partial charge in [0.05, 0.1) is 17.8 Å². The van der Waals surface area contributed by atoms with Crippen molar-refractivity contribution in [1.82, 2.24) is 19.8 Å². The summed E-state index contributed by atoms with van der Waals surface area (Å²) in [5.41, 5.74) is 6.05. The molecule has 0 saturated carbocycles. The molecule has 64 heavy (non-hydrogen) atoms. The molecule has 2 atom stereocenters. The highest BCUT2D eigenvalue weighted by molar-refractivity contribution is 6.90. The summed E-state index contributed by atoms with van der Waals surface area (Å²) >= 11 is 0. The number of piperazine rings is 1. The summed E-state index contributed by atoms with van der Waals surface area (Å²) in [6.07, 6.45) is 1.40. The zero-order valence-corrected chi connectivity index (χ0v) is 40.3. The van der Waals surface area contributed by atoms with Crippen molar-refractivity contribution in [2.45, 2.75) is 97.0 Å². The number of rotatable bonds is 15. The Labute approximate surface area is 380 Å². The number of fused-ring (bicyclic) bond motifs is 2. The summed E-state index contributed by atoms with van der Waals surface area (Å²) in [4.78, 5) is 16.7. The molecule has 7 rings (SSSR count). The van der Waals surface area contributed by atoms with E-state index in [-0.39, 0.29) is 35.4 Å². The van der Waals surface area contributed by atoms with Crippen LogP contribution in [0.4, 0.5) is 14.6 Å². The SMILES string of the molecule is COCOc1cc(-c2ccc3c(N4CCCC(C)(O)C4)nc(OCC(C)CN4CCN(Cc5ccccc5)CC4)nc3c2F)c2c(C#C[Si](C(C)C)(C(C)C)C(C)C)c(F)ccc2c1. The molecule has 342 valence electrons. The van der Waals surface area contributed by atoms with Crippen molar-refractivity contribution in [3.63, 3.8) is 0 Å². The van der Waals surface area contributed by atoms with Crippen LogP contribution >= 0.6 is 0 Å². The Morgan fingerprint density at radius 3 is 2.20 bits per heavy atom. The number of hydrogen-bond donors (Lipinski definition) is 1. The van der Waals surface area contributed by atoms with E-state index in [0.717, 1.165) is 45.7 Å². The van der Waals surface area contributed by atoms with Crippen LogP contribution in [0.5, 0.6) is 11.8 Å². The van der Waals surface area contributed by atoms with E-state index in [1.54, 1.807) is 18.2 Å². The summed E-state index contributed by atoms with van der Waals surface area (Å²) in [7, 11) is -0.741. The van der Waals surface area contributed by atoms with Gasteiger partial charge in [0.2, 0.25) is 0 Å². The average molecular weight is 892 g/mol. The first-order valence-corrected chi connectivity index (χ1v) is 25.3. The number of aliphatic hydroxyl groups is 1. The third-order valence-electron chi connectivity index (χ3n) is 13.5. The van der Waals surface area contributed by atoms with Gasteiger partial charge in [-0.25, -0.2) is 8.78 Å². The van der Waals surface area contributed by atoms with Crippen molar-refractivity contribution < 1.29 is 28.1 Å². The molecule has 2 aliphatic heterocycles. The third kappa shape index (κ3) is 10.4. The van der Waals surface area contributed by atoms with Gasteiger partial charge in [-0.15, -0.1) is 5.54 Å². The van der Waals surface area contributed by atoms with Gasteiger partial charge < -0.3 is 29.1 Å². The molecule has 4 aromatic carbocycles. The van der Waals surface area contributed by atoms with Crippen LogP contribution in [0.1, 0.15) is 79.4 Å². The highest BCUT2D eigenvalue weighted by atomic mass is 28.3. The highest BCUT2D eigenvalue weighted by Gasteiger charge is 2.42.